The van der Waals surface area contributed by atoms with E-state index in [1.807, 2.05) is 31.2 Å². The molecule has 0 spiro atoms. The van der Waals surface area contributed by atoms with Gasteiger partial charge in [0.2, 0.25) is 0 Å². The van der Waals surface area contributed by atoms with E-state index in [-0.39, 0.29) is 5.91 Å². The molecular weight excluding hydrogens is 352 g/mol. The highest BCUT2D eigenvalue weighted by molar-refractivity contribution is 8.18. The summed E-state index contributed by atoms with van der Waals surface area (Å²) >= 11 is 1.46. The summed E-state index contributed by atoms with van der Waals surface area (Å²) < 4.78 is 0. The molecule has 0 aromatic heterocycles. The summed E-state index contributed by atoms with van der Waals surface area (Å²) in [6.07, 6.45) is 2.89. The molecule has 0 N–H and O–H groups in total. The zero-order valence-electron chi connectivity index (χ0n) is 16.4. The van der Waals surface area contributed by atoms with E-state index in [9.17, 15) is 4.79 Å². The number of likely N-dealkylation sites (N-methyl/N-ethyl adjacent to an activating group) is 1. The van der Waals surface area contributed by atoms with Gasteiger partial charge in [0.25, 0.3) is 5.91 Å². The Bertz CT molecular complexity index is 882. The zero-order valence-corrected chi connectivity index (χ0v) is 17.2. The van der Waals surface area contributed by atoms with Crippen molar-refractivity contribution in [3.05, 3.63) is 70.1 Å². The molecule has 0 aliphatic carbocycles. The van der Waals surface area contributed by atoms with Crippen molar-refractivity contribution in [1.29, 1.82) is 0 Å². The molecule has 4 heteroatoms. The quantitative estimate of drug-likeness (QED) is 0.598. The molecule has 2 aromatic carbocycles. The Morgan fingerprint density at radius 1 is 1.07 bits per heavy atom. The Balaban J connectivity index is 1.91. The Morgan fingerprint density at radius 3 is 2.41 bits per heavy atom. The normalized spacial score (nSPS) is 17.5. The van der Waals surface area contributed by atoms with Crippen LogP contribution in [-0.2, 0) is 11.2 Å². The number of nitrogens with zero attached hydrogens (tertiary/aromatic N) is 2. The van der Waals surface area contributed by atoms with Crippen LogP contribution in [0.2, 0.25) is 0 Å². The number of thioether (sulfide) groups is 1. The average Bonchev–Trinajstić information content (AvgIpc) is 2.97. The van der Waals surface area contributed by atoms with E-state index >= 15 is 0 Å². The first-order valence-electron chi connectivity index (χ1n) is 9.51. The number of hydrogen-bond donors (Lipinski definition) is 0. The Labute approximate surface area is 166 Å². The monoisotopic (exact) mass is 378 g/mol. The van der Waals surface area contributed by atoms with Gasteiger partial charge in [0.05, 0.1) is 10.6 Å². The first kappa shape index (κ1) is 19.4. The number of carbonyl (C=O) groups excluding carboxylic acids is 1. The predicted octanol–water partition coefficient (Wildman–Crippen LogP) is 6.00. The van der Waals surface area contributed by atoms with E-state index in [0.717, 1.165) is 27.7 Å². The Hall–Kier alpha value is -2.33. The smallest absolute Gasteiger partial charge is 0.266 e. The lowest BCUT2D eigenvalue weighted by molar-refractivity contribution is -0.122. The van der Waals surface area contributed by atoms with Crippen LogP contribution in [0.25, 0.3) is 6.08 Å². The number of carbonyl (C=O) groups is 1. The highest BCUT2D eigenvalue weighted by Crippen LogP contribution is 2.34. The lowest BCUT2D eigenvalue weighted by atomic mass is 10.0. The van der Waals surface area contributed by atoms with E-state index in [0.29, 0.717) is 12.5 Å². The van der Waals surface area contributed by atoms with Crippen molar-refractivity contribution in [3.63, 3.8) is 0 Å². The summed E-state index contributed by atoms with van der Waals surface area (Å²) in [5.74, 6) is 0.533. The number of aliphatic imine (C=N–C) groups is 1. The van der Waals surface area contributed by atoms with Crippen LogP contribution in [0.3, 0.4) is 0 Å². The van der Waals surface area contributed by atoms with E-state index < -0.39 is 0 Å². The van der Waals surface area contributed by atoms with Crippen LogP contribution >= 0.6 is 11.8 Å². The third-order valence-electron chi connectivity index (χ3n) is 4.69. The largest absolute Gasteiger partial charge is 0.287 e. The summed E-state index contributed by atoms with van der Waals surface area (Å²) in [6.45, 7) is 9.08. The van der Waals surface area contributed by atoms with Crippen LogP contribution in [0.4, 0.5) is 5.69 Å². The number of amides is 1. The van der Waals surface area contributed by atoms with E-state index in [1.54, 1.807) is 4.90 Å². The van der Waals surface area contributed by atoms with Gasteiger partial charge in [-0.3, -0.25) is 9.69 Å². The van der Waals surface area contributed by atoms with Crippen LogP contribution in [0.5, 0.6) is 0 Å². The summed E-state index contributed by atoms with van der Waals surface area (Å²) in [4.78, 5) is 20.1. The first-order valence-corrected chi connectivity index (χ1v) is 10.3. The second-order valence-corrected chi connectivity index (χ2v) is 7.87. The fraction of sp³-hybridized carbons (Fsp3) is 0.304. The van der Waals surface area contributed by atoms with Crippen LogP contribution in [0.15, 0.2) is 58.4 Å². The Kier molecular flexibility index (Phi) is 6.17. The zero-order chi connectivity index (χ0) is 19.4. The van der Waals surface area contributed by atoms with Crippen molar-refractivity contribution < 1.29 is 4.79 Å². The second kappa shape index (κ2) is 8.57. The summed E-state index contributed by atoms with van der Waals surface area (Å²) in [6, 6.07) is 16.5. The van der Waals surface area contributed by atoms with E-state index in [1.165, 1.54) is 22.9 Å². The van der Waals surface area contributed by atoms with Gasteiger partial charge in [0, 0.05) is 6.54 Å². The molecule has 0 bridgehead atoms. The lowest BCUT2D eigenvalue weighted by Gasteiger charge is -2.12. The fourth-order valence-electron chi connectivity index (χ4n) is 3.02. The standard InChI is InChI=1S/C23H26N2OS/c1-5-18-9-7-8-10-20(18)24-23-25(6-2)22(26)21(27-23)15-17-11-13-19(14-12-17)16(3)4/h7-16H,5-6H2,1-4H3/b21-15+,24-23?. The molecule has 1 aliphatic rings. The molecule has 0 unspecified atom stereocenters. The van der Waals surface area contributed by atoms with Crippen LogP contribution < -0.4 is 0 Å². The molecule has 140 valence electrons. The van der Waals surface area contributed by atoms with Crippen molar-refractivity contribution in [2.45, 2.75) is 40.0 Å². The molecule has 0 atom stereocenters. The van der Waals surface area contributed by atoms with Gasteiger partial charge in [-0.25, -0.2) is 4.99 Å². The van der Waals surface area contributed by atoms with Gasteiger partial charge < -0.3 is 0 Å². The van der Waals surface area contributed by atoms with Gasteiger partial charge >= 0.3 is 0 Å². The van der Waals surface area contributed by atoms with Gasteiger partial charge in [-0.2, -0.15) is 0 Å². The maximum Gasteiger partial charge on any atom is 0.266 e. The topological polar surface area (TPSA) is 32.7 Å². The lowest BCUT2D eigenvalue weighted by Crippen LogP contribution is -2.28. The maximum atomic E-state index is 12.8. The predicted molar refractivity (Wildman–Crippen MR) is 116 cm³/mol. The summed E-state index contributed by atoms with van der Waals surface area (Å²) in [7, 11) is 0. The minimum atomic E-state index is 0.0307. The number of hydrogen-bond acceptors (Lipinski definition) is 3. The molecule has 27 heavy (non-hydrogen) atoms. The second-order valence-electron chi connectivity index (χ2n) is 6.86. The van der Waals surface area contributed by atoms with Crippen molar-refractivity contribution in [2.75, 3.05) is 6.54 Å². The molecule has 1 saturated heterocycles. The summed E-state index contributed by atoms with van der Waals surface area (Å²) in [5.41, 5.74) is 4.48. The first-order chi connectivity index (χ1) is 13.0. The summed E-state index contributed by atoms with van der Waals surface area (Å²) in [5, 5.41) is 0.758. The highest BCUT2D eigenvalue weighted by Gasteiger charge is 2.32. The molecule has 3 rings (SSSR count). The molecule has 2 aromatic rings. The molecule has 1 fully saturated rings. The molecule has 0 radical (unpaired) electrons. The minimum Gasteiger partial charge on any atom is -0.287 e. The number of benzene rings is 2. The van der Waals surface area contributed by atoms with Crippen molar-refractivity contribution in [2.24, 2.45) is 4.99 Å². The van der Waals surface area contributed by atoms with Crippen LogP contribution in [-0.4, -0.2) is 22.5 Å². The Morgan fingerprint density at radius 2 is 1.78 bits per heavy atom. The number of para-hydroxylation sites is 1. The minimum absolute atomic E-state index is 0.0307. The number of amidine groups is 1. The van der Waals surface area contributed by atoms with Crippen LogP contribution in [0, 0.1) is 0 Å². The average molecular weight is 379 g/mol. The van der Waals surface area contributed by atoms with E-state index in [4.69, 9.17) is 4.99 Å². The number of rotatable bonds is 5. The van der Waals surface area contributed by atoms with Gasteiger partial charge in [-0.1, -0.05) is 63.2 Å². The van der Waals surface area contributed by atoms with Crippen LogP contribution in [0.1, 0.15) is 50.3 Å². The molecule has 1 amide bonds. The molecular formula is C23H26N2OS. The van der Waals surface area contributed by atoms with Gasteiger partial charge in [-0.05, 0) is 59.9 Å². The molecule has 3 nitrogen and oxygen atoms in total. The van der Waals surface area contributed by atoms with Gasteiger partial charge in [0.15, 0.2) is 5.17 Å². The number of aryl methyl sites for hydroxylation is 1. The van der Waals surface area contributed by atoms with Gasteiger partial charge in [0.1, 0.15) is 0 Å². The third-order valence-corrected chi connectivity index (χ3v) is 5.70. The van der Waals surface area contributed by atoms with E-state index in [2.05, 4.69) is 51.1 Å². The van der Waals surface area contributed by atoms with Crippen molar-refractivity contribution >= 4 is 34.6 Å². The highest BCUT2D eigenvalue weighted by atomic mass is 32.2. The SMILES string of the molecule is CCc1ccccc1N=C1S/C(=C/c2ccc(C(C)C)cc2)C(=O)N1CC. The van der Waals surface area contributed by atoms with Crippen molar-refractivity contribution in [3.8, 4) is 0 Å². The van der Waals surface area contributed by atoms with Crippen molar-refractivity contribution in [1.82, 2.24) is 4.90 Å². The fourth-order valence-corrected chi connectivity index (χ4v) is 4.08. The van der Waals surface area contributed by atoms with Gasteiger partial charge in [-0.15, -0.1) is 0 Å². The molecule has 1 heterocycles. The molecule has 1 aliphatic heterocycles. The molecule has 0 saturated carbocycles. The maximum absolute atomic E-state index is 12.8. The third kappa shape index (κ3) is 4.33.